The molecule has 0 unspecified atom stereocenters. The summed E-state index contributed by atoms with van der Waals surface area (Å²) in [6.07, 6.45) is 8.51. The number of ether oxygens (including phenoxy) is 1. The monoisotopic (exact) mass is 332 g/mol. The number of rotatable bonds is 5. The van der Waals surface area contributed by atoms with Gasteiger partial charge in [-0.15, -0.1) is 0 Å². The van der Waals surface area contributed by atoms with Crippen molar-refractivity contribution in [3.63, 3.8) is 0 Å². The molecule has 6 nitrogen and oxygen atoms in total. The zero-order valence-electron chi connectivity index (χ0n) is 14.8. The maximum absolute atomic E-state index is 12.5. The number of nitrogens with zero attached hydrogens (tertiary/aromatic N) is 4. The van der Waals surface area contributed by atoms with E-state index < -0.39 is 0 Å². The number of amides is 1. The molecule has 0 bridgehead atoms. The normalized spacial score (nSPS) is 26.6. The lowest BCUT2D eigenvalue weighted by Crippen LogP contribution is -2.72. The molecule has 0 radical (unpaired) electrons. The molecule has 0 aromatic carbocycles. The van der Waals surface area contributed by atoms with Crippen LogP contribution in [0.3, 0.4) is 0 Å². The zero-order valence-corrected chi connectivity index (χ0v) is 14.8. The summed E-state index contributed by atoms with van der Waals surface area (Å²) in [6.45, 7) is 4.60. The van der Waals surface area contributed by atoms with E-state index in [1.54, 1.807) is 17.1 Å². The van der Waals surface area contributed by atoms with Crippen molar-refractivity contribution in [1.82, 2.24) is 19.6 Å². The minimum absolute atomic E-state index is 0.106. The molecule has 0 N–H and O–H groups in total. The Morgan fingerprint density at radius 1 is 1.25 bits per heavy atom. The number of likely N-dealkylation sites (N-methyl/N-ethyl adjacent to an activating group) is 1. The van der Waals surface area contributed by atoms with Gasteiger partial charge >= 0.3 is 0 Å². The molecular weight excluding hydrogens is 304 g/mol. The summed E-state index contributed by atoms with van der Waals surface area (Å²) in [5.74, 6) is 1.58. The quantitative estimate of drug-likeness (QED) is 0.817. The van der Waals surface area contributed by atoms with Gasteiger partial charge < -0.3 is 9.64 Å². The van der Waals surface area contributed by atoms with E-state index in [1.807, 2.05) is 11.9 Å². The maximum atomic E-state index is 12.5. The number of piperidine rings is 1. The fourth-order valence-electron chi connectivity index (χ4n) is 4.13. The van der Waals surface area contributed by atoms with Crippen molar-refractivity contribution in [2.24, 2.45) is 18.9 Å². The van der Waals surface area contributed by atoms with Gasteiger partial charge in [0.1, 0.15) is 0 Å². The second-order valence-electron chi connectivity index (χ2n) is 8.05. The topological polar surface area (TPSA) is 50.6 Å². The molecule has 3 heterocycles. The average molecular weight is 332 g/mol. The summed E-state index contributed by atoms with van der Waals surface area (Å²) in [7, 11) is 4.04. The molecule has 132 valence electrons. The van der Waals surface area contributed by atoms with Gasteiger partial charge in [-0.25, -0.2) is 0 Å². The molecule has 1 aromatic heterocycles. The SMILES string of the molecule is CN1CC[C@@H](COCC2CC2)CC12CN(C(=O)c1cnn(C)c1)C2. The van der Waals surface area contributed by atoms with Crippen LogP contribution in [0, 0.1) is 11.8 Å². The molecule has 3 fully saturated rings. The number of aromatic nitrogens is 2. The van der Waals surface area contributed by atoms with Crippen LogP contribution in [0.25, 0.3) is 0 Å². The van der Waals surface area contributed by atoms with Gasteiger partial charge in [-0.3, -0.25) is 14.4 Å². The molecule has 1 spiro atoms. The third-order valence-electron chi connectivity index (χ3n) is 5.96. The van der Waals surface area contributed by atoms with Crippen LogP contribution in [-0.2, 0) is 11.8 Å². The largest absolute Gasteiger partial charge is 0.381 e. The maximum Gasteiger partial charge on any atom is 0.257 e. The smallest absolute Gasteiger partial charge is 0.257 e. The lowest BCUT2D eigenvalue weighted by molar-refractivity contribution is -0.0761. The Labute approximate surface area is 143 Å². The predicted octanol–water partition coefficient (Wildman–Crippen LogP) is 1.38. The van der Waals surface area contributed by atoms with Crippen molar-refractivity contribution in [2.75, 3.05) is 39.9 Å². The van der Waals surface area contributed by atoms with Gasteiger partial charge in [-0.05, 0) is 51.1 Å². The number of carbonyl (C=O) groups is 1. The molecule has 1 amide bonds. The number of carbonyl (C=O) groups excluding carboxylic acids is 1. The van der Waals surface area contributed by atoms with Gasteiger partial charge in [0.2, 0.25) is 0 Å². The molecule has 2 aliphatic heterocycles. The molecule has 4 rings (SSSR count). The number of hydrogen-bond acceptors (Lipinski definition) is 4. The highest BCUT2D eigenvalue weighted by Crippen LogP contribution is 2.39. The molecule has 1 saturated carbocycles. The van der Waals surface area contributed by atoms with Crippen LogP contribution in [-0.4, -0.2) is 70.9 Å². The van der Waals surface area contributed by atoms with Gasteiger partial charge in [0.15, 0.2) is 0 Å². The molecule has 6 heteroatoms. The minimum Gasteiger partial charge on any atom is -0.381 e. The van der Waals surface area contributed by atoms with Crippen molar-refractivity contribution in [2.45, 2.75) is 31.2 Å². The van der Waals surface area contributed by atoms with Crippen molar-refractivity contribution >= 4 is 5.91 Å². The third-order valence-corrected chi connectivity index (χ3v) is 5.96. The summed E-state index contributed by atoms with van der Waals surface area (Å²) in [5.41, 5.74) is 0.846. The van der Waals surface area contributed by atoms with Crippen molar-refractivity contribution in [3.8, 4) is 0 Å². The zero-order chi connectivity index (χ0) is 16.7. The van der Waals surface area contributed by atoms with Crippen molar-refractivity contribution < 1.29 is 9.53 Å². The molecule has 3 aliphatic rings. The van der Waals surface area contributed by atoms with Crippen LogP contribution >= 0.6 is 0 Å². The van der Waals surface area contributed by atoms with Crippen molar-refractivity contribution in [3.05, 3.63) is 18.0 Å². The lowest BCUT2D eigenvalue weighted by atomic mass is 9.75. The Morgan fingerprint density at radius 2 is 2.00 bits per heavy atom. The first-order valence-corrected chi connectivity index (χ1v) is 9.13. The standard InChI is InChI=1S/C18H28N4O2/c1-20-6-5-15(11-24-10-14-3-4-14)7-18(20)12-22(13-18)17(23)16-8-19-21(2)9-16/h8-9,14-15H,3-7,10-13H2,1-2H3/t15-/m1/s1. The first kappa shape index (κ1) is 16.1. The van der Waals surface area contributed by atoms with Gasteiger partial charge in [-0.1, -0.05) is 0 Å². The number of likely N-dealkylation sites (tertiary alicyclic amines) is 2. The van der Waals surface area contributed by atoms with E-state index in [4.69, 9.17) is 4.74 Å². The second kappa shape index (κ2) is 6.15. The summed E-state index contributed by atoms with van der Waals surface area (Å²) in [6, 6.07) is 0. The van der Waals surface area contributed by atoms with E-state index in [0.717, 1.165) is 45.2 Å². The first-order chi connectivity index (χ1) is 11.6. The summed E-state index contributed by atoms with van der Waals surface area (Å²) < 4.78 is 7.61. The Morgan fingerprint density at radius 3 is 2.67 bits per heavy atom. The van der Waals surface area contributed by atoms with Gasteiger partial charge in [0.25, 0.3) is 5.91 Å². The second-order valence-corrected chi connectivity index (χ2v) is 8.05. The molecule has 1 aliphatic carbocycles. The van der Waals surface area contributed by atoms with E-state index in [2.05, 4.69) is 17.0 Å². The van der Waals surface area contributed by atoms with Crippen molar-refractivity contribution in [1.29, 1.82) is 0 Å². The molecule has 1 atom stereocenters. The lowest BCUT2D eigenvalue weighted by Gasteiger charge is -2.58. The number of hydrogen-bond donors (Lipinski definition) is 0. The average Bonchev–Trinajstić information content (AvgIpc) is 3.25. The minimum atomic E-state index is 0.106. The molecule has 24 heavy (non-hydrogen) atoms. The third kappa shape index (κ3) is 3.09. The summed E-state index contributed by atoms with van der Waals surface area (Å²) in [5, 5.41) is 4.10. The summed E-state index contributed by atoms with van der Waals surface area (Å²) >= 11 is 0. The molecular formula is C18H28N4O2. The van der Waals surface area contributed by atoms with Gasteiger partial charge in [-0.2, -0.15) is 5.10 Å². The predicted molar refractivity (Wildman–Crippen MR) is 90.7 cm³/mol. The van der Waals surface area contributed by atoms with Crippen LogP contribution in [0.2, 0.25) is 0 Å². The van der Waals surface area contributed by atoms with Crippen LogP contribution in [0.5, 0.6) is 0 Å². The van der Waals surface area contributed by atoms with Crippen LogP contribution in [0.1, 0.15) is 36.0 Å². The van der Waals surface area contributed by atoms with Crippen LogP contribution in [0.4, 0.5) is 0 Å². The highest BCUT2D eigenvalue weighted by atomic mass is 16.5. The van der Waals surface area contributed by atoms with E-state index in [1.165, 1.54) is 19.3 Å². The summed E-state index contributed by atoms with van der Waals surface area (Å²) in [4.78, 5) is 17.0. The van der Waals surface area contributed by atoms with Crippen LogP contribution < -0.4 is 0 Å². The Balaban J connectivity index is 1.31. The molecule has 2 saturated heterocycles. The van der Waals surface area contributed by atoms with E-state index >= 15 is 0 Å². The first-order valence-electron chi connectivity index (χ1n) is 9.13. The van der Waals surface area contributed by atoms with E-state index in [0.29, 0.717) is 11.5 Å². The fraction of sp³-hybridized carbons (Fsp3) is 0.778. The molecule has 1 aromatic rings. The highest BCUT2D eigenvalue weighted by molar-refractivity contribution is 5.94. The fourth-order valence-corrected chi connectivity index (χ4v) is 4.13. The van der Waals surface area contributed by atoms with Gasteiger partial charge in [0.05, 0.1) is 17.3 Å². The van der Waals surface area contributed by atoms with E-state index in [9.17, 15) is 4.79 Å². The Hall–Kier alpha value is -1.40. The highest BCUT2D eigenvalue weighted by Gasteiger charge is 2.51. The Kier molecular flexibility index (Phi) is 4.12. The Bertz CT molecular complexity index is 604. The van der Waals surface area contributed by atoms with Crippen LogP contribution in [0.15, 0.2) is 12.4 Å². The van der Waals surface area contributed by atoms with E-state index in [-0.39, 0.29) is 11.4 Å². The van der Waals surface area contributed by atoms with Gasteiger partial charge in [0, 0.05) is 39.5 Å². The number of aryl methyl sites for hydroxylation is 1.